The molecule has 1 heterocycles. The molecule has 0 radical (unpaired) electrons. The second-order valence-corrected chi connectivity index (χ2v) is 9.09. The Labute approximate surface area is 220 Å². The molecule has 0 saturated carbocycles. The highest BCUT2D eigenvalue weighted by atomic mass is 35.5. The number of urea groups is 1. The van der Waals surface area contributed by atoms with Gasteiger partial charge in [0, 0.05) is 17.3 Å². The average Bonchev–Trinajstić information content (AvgIpc) is 3.33. The first kappa shape index (κ1) is 26.0. The lowest BCUT2D eigenvalue weighted by Crippen LogP contribution is -2.48. The molecule has 192 valence electrons. The van der Waals surface area contributed by atoms with Gasteiger partial charge in [-0.1, -0.05) is 54.1 Å². The fourth-order valence-corrected chi connectivity index (χ4v) is 4.79. The van der Waals surface area contributed by atoms with Crippen LogP contribution in [-0.4, -0.2) is 43.1 Å². The van der Waals surface area contributed by atoms with Crippen molar-refractivity contribution in [2.24, 2.45) is 5.92 Å². The molecule has 1 fully saturated rings. The Kier molecular flexibility index (Phi) is 8.30. The van der Waals surface area contributed by atoms with Crippen molar-refractivity contribution in [3.63, 3.8) is 0 Å². The highest BCUT2D eigenvalue weighted by molar-refractivity contribution is 6.30. The molecule has 9 heteroatoms. The molecule has 3 aromatic carbocycles. The number of esters is 1. The Bertz CT molecular complexity index is 1250. The average molecular weight is 522 g/mol. The number of amides is 3. The first-order chi connectivity index (χ1) is 17.9. The monoisotopic (exact) mass is 521 g/mol. The van der Waals surface area contributed by atoms with Gasteiger partial charge in [0.25, 0.3) is 0 Å². The van der Waals surface area contributed by atoms with Gasteiger partial charge in [-0.25, -0.2) is 4.79 Å². The van der Waals surface area contributed by atoms with Gasteiger partial charge >= 0.3 is 12.0 Å². The van der Waals surface area contributed by atoms with Crippen molar-refractivity contribution in [2.45, 2.75) is 25.0 Å². The molecule has 1 saturated heterocycles. The van der Waals surface area contributed by atoms with Crippen molar-refractivity contribution in [1.29, 1.82) is 0 Å². The number of halogens is 1. The number of nitrogens with one attached hydrogen (secondary N) is 2. The number of benzene rings is 3. The maximum Gasteiger partial charge on any atom is 0.323 e. The third-order valence-electron chi connectivity index (χ3n) is 6.38. The summed E-state index contributed by atoms with van der Waals surface area (Å²) in [6.07, 6.45) is 0.0977. The minimum Gasteiger partial charge on any atom is -0.497 e. The van der Waals surface area contributed by atoms with Crippen molar-refractivity contribution >= 4 is 35.2 Å². The summed E-state index contributed by atoms with van der Waals surface area (Å²) in [5.41, 5.74) is 2.07. The van der Waals surface area contributed by atoms with Crippen LogP contribution in [0.5, 0.6) is 5.75 Å². The summed E-state index contributed by atoms with van der Waals surface area (Å²) in [6, 6.07) is 21.0. The molecular weight excluding hydrogens is 494 g/mol. The predicted molar refractivity (Wildman–Crippen MR) is 140 cm³/mol. The van der Waals surface area contributed by atoms with Crippen LogP contribution in [0.3, 0.4) is 0 Å². The molecule has 3 atom stereocenters. The van der Waals surface area contributed by atoms with Crippen LogP contribution < -0.4 is 15.4 Å². The van der Waals surface area contributed by atoms with Crippen LogP contribution in [-0.2, 0) is 20.9 Å². The molecule has 2 N–H and O–H groups in total. The Balaban J connectivity index is 1.65. The fourth-order valence-electron chi connectivity index (χ4n) is 4.59. The quantitative estimate of drug-likeness (QED) is 0.435. The van der Waals surface area contributed by atoms with Crippen molar-refractivity contribution in [3.05, 3.63) is 95.0 Å². The lowest BCUT2D eigenvalue weighted by atomic mass is 9.93. The van der Waals surface area contributed by atoms with Gasteiger partial charge < -0.3 is 25.0 Å². The van der Waals surface area contributed by atoms with Gasteiger partial charge in [-0.05, 0) is 53.9 Å². The molecule has 1 aliphatic heterocycles. The van der Waals surface area contributed by atoms with Gasteiger partial charge in [0.15, 0.2) is 0 Å². The van der Waals surface area contributed by atoms with Gasteiger partial charge in [-0.15, -0.1) is 0 Å². The van der Waals surface area contributed by atoms with E-state index in [9.17, 15) is 14.4 Å². The molecule has 4 rings (SSSR count). The number of para-hydroxylation sites is 1. The Hall–Kier alpha value is -4.04. The van der Waals surface area contributed by atoms with Crippen LogP contribution in [0.4, 0.5) is 10.5 Å². The normalized spacial score (nSPS) is 18.7. The van der Waals surface area contributed by atoms with Crippen molar-refractivity contribution in [2.75, 3.05) is 19.5 Å². The molecule has 8 nitrogen and oxygen atoms in total. The van der Waals surface area contributed by atoms with Crippen LogP contribution >= 0.6 is 11.6 Å². The number of rotatable bonds is 7. The zero-order valence-electron chi connectivity index (χ0n) is 20.5. The molecular formula is C28H28ClN3O5. The van der Waals surface area contributed by atoms with Gasteiger partial charge in [0.05, 0.1) is 26.2 Å². The number of carbonyl (C=O) groups excluding carboxylic acids is 3. The lowest BCUT2D eigenvalue weighted by Gasteiger charge is -2.31. The molecule has 0 spiro atoms. The molecule has 0 bridgehead atoms. The summed E-state index contributed by atoms with van der Waals surface area (Å²) in [5, 5.41) is 6.22. The van der Waals surface area contributed by atoms with E-state index >= 15 is 0 Å². The van der Waals surface area contributed by atoms with Crippen LogP contribution in [0.1, 0.15) is 23.6 Å². The van der Waals surface area contributed by atoms with E-state index in [0.29, 0.717) is 22.0 Å². The number of likely N-dealkylation sites (tertiary alicyclic amines) is 1. The maximum atomic E-state index is 13.6. The number of carbonyl (C=O) groups is 3. The van der Waals surface area contributed by atoms with E-state index in [4.69, 9.17) is 21.1 Å². The number of methoxy groups -OCH3 is 2. The highest BCUT2D eigenvalue weighted by Gasteiger charge is 2.51. The summed E-state index contributed by atoms with van der Waals surface area (Å²) < 4.78 is 10.2. The zero-order chi connectivity index (χ0) is 26.4. The highest BCUT2D eigenvalue weighted by Crippen LogP contribution is 2.43. The van der Waals surface area contributed by atoms with E-state index in [2.05, 4.69) is 10.6 Å². The Morgan fingerprint density at radius 2 is 1.70 bits per heavy atom. The zero-order valence-corrected chi connectivity index (χ0v) is 21.3. The molecule has 3 aromatic rings. The maximum absolute atomic E-state index is 13.6. The van der Waals surface area contributed by atoms with E-state index in [-0.39, 0.29) is 18.9 Å². The third kappa shape index (κ3) is 6.03. The van der Waals surface area contributed by atoms with E-state index in [1.54, 1.807) is 67.8 Å². The van der Waals surface area contributed by atoms with Crippen LogP contribution in [0, 0.1) is 5.92 Å². The number of anilines is 1. The van der Waals surface area contributed by atoms with E-state index in [1.807, 2.05) is 18.2 Å². The standard InChI is InChI=1S/C28H28ClN3O5/c1-36-22-13-11-18(12-14-22)17-30-26(33)24-16-23(27(34)37-2)25(19-7-6-8-20(29)15-19)32(24)28(35)31-21-9-4-3-5-10-21/h3-15,23-25H,16-17H2,1-2H3,(H,30,33)(H,31,35). The molecule has 1 aliphatic rings. The van der Waals surface area contributed by atoms with Crippen LogP contribution in [0.15, 0.2) is 78.9 Å². The van der Waals surface area contributed by atoms with Crippen LogP contribution in [0.2, 0.25) is 5.02 Å². The molecule has 3 amide bonds. The molecule has 0 aromatic heterocycles. The molecule has 37 heavy (non-hydrogen) atoms. The Morgan fingerprint density at radius 1 is 0.973 bits per heavy atom. The number of ether oxygens (including phenoxy) is 2. The van der Waals surface area contributed by atoms with E-state index < -0.39 is 30.0 Å². The SMILES string of the molecule is COC(=O)C1CC(C(=O)NCc2ccc(OC)cc2)N(C(=O)Nc2ccccc2)C1c1cccc(Cl)c1. The largest absolute Gasteiger partial charge is 0.497 e. The second kappa shape index (κ2) is 11.8. The summed E-state index contributed by atoms with van der Waals surface area (Å²) in [4.78, 5) is 41.4. The molecule has 0 aliphatic carbocycles. The topological polar surface area (TPSA) is 97.0 Å². The number of hydrogen-bond donors (Lipinski definition) is 2. The van der Waals surface area contributed by atoms with Gasteiger partial charge in [0.1, 0.15) is 11.8 Å². The minimum atomic E-state index is -0.921. The minimum absolute atomic E-state index is 0.0977. The second-order valence-electron chi connectivity index (χ2n) is 8.65. The van der Waals surface area contributed by atoms with E-state index in [1.165, 1.54) is 12.0 Å². The first-order valence-corrected chi connectivity index (χ1v) is 12.2. The summed E-state index contributed by atoms with van der Waals surface area (Å²) in [7, 11) is 2.88. The van der Waals surface area contributed by atoms with Gasteiger partial charge in [-0.2, -0.15) is 0 Å². The smallest absolute Gasteiger partial charge is 0.323 e. The van der Waals surface area contributed by atoms with Gasteiger partial charge in [-0.3, -0.25) is 9.59 Å². The van der Waals surface area contributed by atoms with Crippen molar-refractivity contribution in [1.82, 2.24) is 10.2 Å². The number of hydrogen-bond acceptors (Lipinski definition) is 5. The van der Waals surface area contributed by atoms with Gasteiger partial charge in [0.2, 0.25) is 5.91 Å². The predicted octanol–water partition coefficient (Wildman–Crippen LogP) is 4.80. The Morgan fingerprint density at radius 3 is 2.35 bits per heavy atom. The van der Waals surface area contributed by atoms with Crippen molar-refractivity contribution in [3.8, 4) is 5.75 Å². The first-order valence-electron chi connectivity index (χ1n) is 11.8. The summed E-state index contributed by atoms with van der Waals surface area (Å²) in [6.45, 7) is 0.248. The van der Waals surface area contributed by atoms with E-state index in [0.717, 1.165) is 5.56 Å². The van der Waals surface area contributed by atoms with Crippen molar-refractivity contribution < 1.29 is 23.9 Å². The third-order valence-corrected chi connectivity index (χ3v) is 6.61. The number of nitrogens with zero attached hydrogens (tertiary/aromatic N) is 1. The summed E-state index contributed by atoms with van der Waals surface area (Å²) >= 11 is 6.26. The molecule has 3 unspecified atom stereocenters. The van der Waals surface area contributed by atoms with Crippen LogP contribution in [0.25, 0.3) is 0 Å². The lowest BCUT2D eigenvalue weighted by molar-refractivity contribution is -0.146. The summed E-state index contributed by atoms with van der Waals surface area (Å²) in [5.74, 6) is -0.938. The fraction of sp³-hybridized carbons (Fsp3) is 0.250.